The van der Waals surface area contributed by atoms with Crippen molar-refractivity contribution in [2.24, 2.45) is 17.8 Å². The zero-order valence-corrected chi connectivity index (χ0v) is 55.8. The summed E-state index contributed by atoms with van der Waals surface area (Å²) >= 11 is 0. The summed E-state index contributed by atoms with van der Waals surface area (Å²) < 4.78 is 72.7. The van der Waals surface area contributed by atoms with Gasteiger partial charge in [-0.3, -0.25) is 0 Å². The van der Waals surface area contributed by atoms with Crippen LogP contribution >= 0.6 is 0 Å². The Kier molecular flexibility index (Phi) is 43.8. The molecule has 6 rings (SSSR count). The van der Waals surface area contributed by atoms with Gasteiger partial charge in [-0.15, -0.1) is 0 Å². The lowest BCUT2D eigenvalue weighted by Gasteiger charge is -2.29. The van der Waals surface area contributed by atoms with Gasteiger partial charge in [0.25, 0.3) is 18.2 Å². The molecule has 0 aromatic heterocycles. The fourth-order valence-electron chi connectivity index (χ4n) is 14.5. The molecule has 3 aromatic carbocycles. The maximum atomic E-state index is 12.1. The summed E-state index contributed by atoms with van der Waals surface area (Å²) in [6, 6.07) is 26.2. The lowest BCUT2D eigenvalue weighted by molar-refractivity contribution is 0.301. The number of hydrogen-bond acceptors (Lipinski definition) is 0. The number of halogens is 6. The van der Waals surface area contributed by atoms with E-state index in [-0.39, 0.29) is 0 Å². The molecule has 0 N–H and O–H groups in total. The maximum Gasteiger partial charge on any atom is 0.266 e. The number of aryl methyl sites for hydroxylation is 3. The second-order valence-electron chi connectivity index (χ2n) is 27.3. The Labute approximate surface area is 530 Å². The molecule has 3 aliphatic rings. The Morgan fingerprint density at radius 3 is 0.667 bits per heavy atom. The third-order valence-electron chi connectivity index (χ3n) is 20.2. The molecular weight excluding hydrogens is 1090 g/mol. The molecule has 87 heavy (non-hydrogen) atoms. The second-order valence-corrected chi connectivity index (χ2v) is 27.3. The van der Waals surface area contributed by atoms with Gasteiger partial charge in [-0.1, -0.05) is 286 Å². The van der Waals surface area contributed by atoms with E-state index in [0.717, 1.165) is 52.7 Å². The molecule has 0 saturated heterocycles. The third-order valence-corrected chi connectivity index (χ3v) is 20.2. The van der Waals surface area contributed by atoms with Crippen LogP contribution in [0.25, 0.3) is 0 Å². The minimum Gasteiger partial charge on any atom is -0.174 e. The van der Waals surface area contributed by atoms with Gasteiger partial charge < -0.3 is 0 Å². The average molecular weight is 1210 g/mol. The summed E-state index contributed by atoms with van der Waals surface area (Å²) in [5.74, 6) is 4.93. The zero-order chi connectivity index (χ0) is 62.2. The van der Waals surface area contributed by atoms with Crippen molar-refractivity contribution in [3.05, 3.63) is 143 Å². The summed E-state index contributed by atoms with van der Waals surface area (Å²) in [4.78, 5) is 0. The van der Waals surface area contributed by atoms with Crippen molar-refractivity contribution in [3.63, 3.8) is 0 Å². The molecule has 3 saturated carbocycles. The topological polar surface area (TPSA) is 0 Å². The van der Waals surface area contributed by atoms with E-state index in [1.807, 2.05) is 0 Å². The van der Waals surface area contributed by atoms with Crippen molar-refractivity contribution in [1.82, 2.24) is 0 Å². The highest BCUT2D eigenvalue weighted by Crippen LogP contribution is 2.41. The first-order chi connectivity index (χ1) is 42.6. The van der Waals surface area contributed by atoms with Gasteiger partial charge in [-0.25, -0.2) is 0 Å². The van der Waals surface area contributed by atoms with Gasteiger partial charge in [-0.05, 0) is 203 Å². The summed E-state index contributed by atoms with van der Waals surface area (Å²) in [7, 11) is 0. The van der Waals surface area contributed by atoms with Crippen molar-refractivity contribution in [2.45, 2.75) is 347 Å². The van der Waals surface area contributed by atoms with Crippen LogP contribution in [-0.4, -0.2) is 0 Å². The van der Waals surface area contributed by atoms with Gasteiger partial charge in [0.15, 0.2) is 0 Å². The molecule has 0 heterocycles. The number of rotatable bonds is 42. The molecule has 3 aromatic rings. The maximum absolute atomic E-state index is 12.1. The van der Waals surface area contributed by atoms with E-state index in [1.165, 1.54) is 286 Å². The van der Waals surface area contributed by atoms with E-state index in [0.29, 0.717) is 56.3 Å². The fraction of sp³-hybridized carbons (Fsp3) is 0.704. The highest BCUT2D eigenvalue weighted by Gasteiger charge is 2.25. The van der Waals surface area contributed by atoms with Gasteiger partial charge in [0.2, 0.25) is 0 Å². The lowest BCUT2D eigenvalue weighted by atomic mass is 9.77. The molecule has 0 aliphatic heterocycles. The number of allylic oxidation sites excluding steroid dienone is 3. The van der Waals surface area contributed by atoms with Gasteiger partial charge in [0.05, 0.1) is 0 Å². The highest BCUT2D eigenvalue weighted by atomic mass is 19.3. The van der Waals surface area contributed by atoms with Crippen molar-refractivity contribution < 1.29 is 26.3 Å². The molecule has 0 atom stereocenters. The molecule has 0 spiro atoms. The van der Waals surface area contributed by atoms with Crippen molar-refractivity contribution in [2.75, 3.05) is 0 Å². The lowest BCUT2D eigenvalue weighted by Crippen LogP contribution is -2.13. The van der Waals surface area contributed by atoms with Crippen LogP contribution < -0.4 is 0 Å². The van der Waals surface area contributed by atoms with Crippen molar-refractivity contribution in [1.29, 1.82) is 0 Å². The number of benzene rings is 3. The second kappa shape index (κ2) is 50.1. The van der Waals surface area contributed by atoms with E-state index in [1.54, 1.807) is 0 Å². The molecule has 0 amide bonds. The summed E-state index contributed by atoms with van der Waals surface area (Å²) in [5, 5.41) is 0. The van der Waals surface area contributed by atoms with Crippen LogP contribution in [0, 0.1) is 17.8 Å². The van der Waals surface area contributed by atoms with E-state index >= 15 is 0 Å². The first-order valence-corrected chi connectivity index (χ1v) is 36.9. The van der Waals surface area contributed by atoms with E-state index in [2.05, 4.69) is 93.6 Å². The van der Waals surface area contributed by atoms with Crippen molar-refractivity contribution >= 4 is 0 Å². The Morgan fingerprint density at radius 2 is 0.471 bits per heavy atom. The van der Waals surface area contributed by atoms with Crippen LogP contribution in [0.15, 0.2) is 109 Å². The van der Waals surface area contributed by atoms with Crippen LogP contribution in [0.5, 0.6) is 0 Å². The molecule has 0 nitrogen and oxygen atoms in total. The molecule has 0 radical (unpaired) electrons. The quantitative estimate of drug-likeness (QED) is 0.0392. The third kappa shape index (κ3) is 37.4. The normalized spacial score (nSPS) is 19.3. The number of hydrogen-bond donors (Lipinski definition) is 0. The first-order valence-electron chi connectivity index (χ1n) is 36.9. The predicted octanol–water partition coefficient (Wildman–Crippen LogP) is 28.8. The monoisotopic (exact) mass is 1210 g/mol. The SMILES string of the molecule is CCCCCCCCCCC1CCC(c2ccc(CCC=C(F)F)cc2)CC1.CCCCCCCCCCCC1CCC(c2ccc(CCC=C(F)F)cc2)CC1.CCCCCCCCCCCCC1CCC(c2ccc(CCC=C(F)F)cc2)CC1. The van der Waals surface area contributed by atoms with E-state index in [4.69, 9.17) is 0 Å². The molecule has 492 valence electrons. The smallest absolute Gasteiger partial charge is 0.174 e. The van der Waals surface area contributed by atoms with Crippen molar-refractivity contribution in [3.8, 4) is 0 Å². The predicted molar refractivity (Wildman–Crippen MR) is 365 cm³/mol. The summed E-state index contributed by atoms with van der Waals surface area (Å²) in [5.41, 5.74) is 7.81. The Bertz CT molecular complexity index is 2140. The largest absolute Gasteiger partial charge is 0.266 e. The van der Waals surface area contributed by atoms with Gasteiger partial charge in [0, 0.05) is 0 Å². The molecule has 3 fully saturated rings. The standard InChI is InChI=1S/C28H44F2.C27H42F2.C26H40F2/c1-2-3-4-5-6-7-8-9-10-11-13-24-16-20-26(21-17-24)27-22-18-25(19-23-27)14-12-15-28(29)30;1-2-3-4-5-6-7-8-9-10-12-23-15-19-25(20-16-23)26-21-17-24(18-22-26)13-11-14-27(28)29;1-2-3-4-5-6-7-8-9-11-22-14-18-24(19-15-22)25-20-16-23(17-21-25)12-10-13-26(27)28/h15,18-19,22-24,26H,2-14,16-17,20-21H2,1H3;14,17-18,21-23,25H,2-13,15-16,19-20H2,1H3;13,16-17,20-22,24H,2-12,14-15,18-19H2,1H3. The van der Waals surface area contributed by atoms with E-state index in [9.17, 15) is 26.3 Å². The fourth-order valence-corrected chi connectivity index (χ4v) is 14.5. The minimum absolute atomic E-state index is 0.422. The Balaban J connectivity index is 0.000000279. The molecule has 0 bridgehead atoms. The molecule has 3 aliphatic carbocycles. The summed E-state index contributed by atoms with van der Waals surface area (Å²) in [6.45, 7) is 6.85. The van der Waals surface area contributed by atoms with Crippen LogP contribution in [0.2, 0.25) is 0 Å². The van der Waals surface area contributed by atoms with Crippen LogP contribution in [0.4, 0.5) is 26.3 Å². The van der Waals surface area contributed by atoms with Crippen LogP contribution in [-0.2, 0) is 19.3 Å². The zero-order valence-electron chi connectivity index (χ0n) is 55.8. The van der Waals surface area contributed by atoms with Crippen LogP contribution in [0.3, 0.4) is 0 Å². The van der Waals surface area contributed by atoms with E-state index < -0.39 is 18.2 Å². The molecule has 6 heteroatoms. The summed E-state index contributed by atoms with van der Waals surface area (Å²) in [6.07, 6.45) is 60.5. The minimum atomic E-state index is -1.57. The highest BCUT2D eigenvalue weighted by molar-refractivity contribution is 5.28. The van der Waals surface area contributed by atoms with Gasteiger partial charge in [0.1, 0.15) is 0 Å². The van der Waals surface area contributed by atoms with Crippen LogP contribution in [0.1, 0.15) is 361 Å². The Morgan fingerprint density at radius 1 is 0.276 bits per heavy atom. The van der Waals surface area contributed by atoms with Gasteiger partial charge >= 0.3 is 0 Å². The number of unbranched alkanes of at least 4 members (excludes halogenated alkanes) is 24. The Hall–Kier alpha value is -3.54. The first kappa shape index (κ1) is 75.9. The average Bonchev–Trinajstić information content (AvgIpc) is 3.63. The molecule has 0 unspecified atom stereocenters. The molecular formula is C81H126F6. The van der Waals surface area contributed by atoms with Gasteiger partial charge in [-0.2, -0.15) is 26.3 Å².